The first-order chi connectivity index (χ1) is 9.46. The van der Waals surface area contributed by atoms with Gasteiger partial charge in [0.05, 0.1) is 4.90 Å². The van der Waals surface area contributed by atoms with Crippen LogP contribution in [0.1, 0.15) is 17.5 Å². The Bertz CT molecular complexity index is 715. The van der Waals surface area contributed by atoms with Gasteiger partial charge < -0.3 is 5.73 Å². The highest BCUT2D eigenvalue weighted by atomic mass is 35.5. The average molecular weight is 333 g/mol. The molecule has 1 heterocycles. The van der Waals surface area contributed by atoms with Crippen molar-refractivity contribution in [3.8, 4) is 0 Å². The second-order valence-electron chi connectivity index (χ2n) is 3.92. The molecule has 2 rings (SSSR count). The van der Waals surface area contributed by atoms with Crippen molar-refractivity contribution >= 4 is 38.1 Å². The van der Waals surface area contributed by atoms with E-state index in [0.717, 1.165) is 5.01 Å². The fourth-order valence-electron chi connectivity index (χ4n) is 1.47. The Morgan fingerprint density at radius 2 is 2.15 bits per heavy atom. The van der Waals surface area contributed by atoms with Crippen LogP contribution in [0, 0.1) is 0 Å². The lowest BCUT2D eigenvalue weighted by atomic mass is 10.2. The smallest absolute Gasteiger partial charge is 0.263 e. The number of hydrogen-bond donors (Lipinski definition) is 2. The first kappa shape index (κ1) is 15.2. The van der Waals surface area contributed by atoms with Gasteiger partial charge in [0.25, 0.3) is 10.0 Å². The van der Waals surface area contributed by atoms with Crippen molar-refractivity contribution < 1.29 is 8.42 Å². The topological polar surface area (TPSA) is 98.0 Å². The highest BCUT2D eigenvalue weighted by molar-refractivity contribution is 7.93. The third-order valence-corrected chi connectivity index (χ3v) is 5.35. The Hall–Kier alpha value is -1.22. The number of anilines is 1. The molecule has 0 aliphatic rings. The number of aromatic nitrogens is 2. The summed E-state index contributed by atoms with van der Waals surface area (Å²) in [4.78, 5) is 0.0629. The van der Waals surface area contributed by atoms with Crippen LogP contribution in [0.3, 0.4) is 0 Å². The van der Waals surface area contributed by atoms with Gasteiger partial charge in [0.2, 0.25) is 5.13 Å². The molecule has 108 valence electrons. The van der Waals surface area contributed by atoms with Crippen molar-refractivity contribution in [1.29, 1.82) is 0 Å². The minimum Gasteiger partial charge on any atom is -0.326 e. The van der Waals surface area contributed by atoms with Crippen molar-refractivity contribution in [1.82, 2.24) is 10.2 Å². The molecule has 0 amide bonds. The first-order valence-corrected chi connectivity index (χ1v) is 8.47. The number of benzene rings is 1. The molecule has 0 atom stereocenters. The molecule has 9 heteroatoms. The second kappa shape index (κ2) is 6.04. The molecular weight excluding hydrogens is 320 g/mol. The molecule has 0 unspecified atom stereocenters. The molecule has 6 nitrogen and oxygen atoms in total. The Labute approximate surface area is 126 Å². The lowest BCUT2D eigenvalue weighted by molar-refractivity contribution is 0.601. The molecule has 0 bridgehead atoms. The zero-order chi connectivity index (χ0) is 14.8. The highest BCUT2D eigenvalue weighted by Crippen LogP contribution is 2.24. The summed E-state index contributed by atoms with van der Waals surface area (Å²) >= 11 is 7.17. The first-order valence-electron chi connectivity index (χ1n) is 5.80. The average Bonchev–Trinajstić information content (AvgIpc) is 2.85. The summed E-state index contributed by atoms with van der Waals surface area (Å²) in [6.45, 7) is 2.17. The summed E-state index contributed by atoms with van der Waals surface area (Å²) in [5.41, 5.74) is 6.17. The largest absolute Gasteiger partial charge is 0.326 e. The Kier molecular flexibility index (Phi) is 4.59. The van der Waals surface area contributed by atoms with Crippen LogP contribution in [0.25, 0.3) is 0 Å². The zero-order valence-electron chi connectivity index (χ0n) is 10.6. The van der Waals surface area contributed by atoms with Gasteiger partial charge in [0.1, 0.15) is 5.01 Å². The maximum Gasteiger partial charge on any atom is 0.263 e. The van der Waals surface area contributed by atoms with Gasteiger partial charge in [0.15, 0.2) is 0 Å². The number of aryl methyl sites for hydroxylation is 1. The highest BCUT2D eigenvalue weighted by Gasteiger charge is 2.17. The minimum atomic E-state index is -3.72. The maximum atomic E-state index is 12.2. The number of nitrogens with one attached hydrogen (secondary N) is 1. The van der Waals surface area contributed by atoms with Crippen molar-refractivity contribution in [3.63, 3.8) is 0 Å². The van der Waals surface area contributed by atoms with E-state index in [4.69, 9.17) is 17.3 Å². The molecule has 1 aromatic heterocycles. The fraction of sp³-hybridized carbons (Fsp3) is 0.273. The van der Waals surface area contributed by atoms with Crippen LogP contribution >= 0.6 is 22.9 Å². The van der Waals surface area contributed by atoms with Gasteiger partial charge in [-0.1, -0.05) is 35.9 Å². The van der Waals surface area contributed by atoms with E-state index in [1.807, 2.05) is 6.92 Å². The van der Waals surface area contributed by atoms with Crippen molar-refractivity contribution in [3.05, 3.63) is 33.8 Å². The van der Waals surface area contributed by atoms with Crippen molar-refractivity contribution in [2.24, 2.45) is 5.73 Å². The summed E-state index contributed by atoms with van der Waals surface area (Å²) in [6.07, 6.45) is 0.705. The predicted octanol–water partition coefficient (Wildman–Crippen LogP) is 2.01. The summed E-state index contributed by atoms with van der Waals surface area (Å²) < 4.78 is 26.8. The monoisotopic (exact) mass is 332 g/mol. The van der Waals surface area contributed by atoms with E-state index < -0.39 is 10.0 Å². The van der Waals surface area contributed by atoms with Gasteiger partial charge in [-0.05, 0) is 24.1 Å². The number of sulfonamides is 1. The molecule has 20 heavy (non-hydrogen) atoms. The van der Waals surface area contributed by atoms with E-state index in [2.05, 4.69) is 14.9 Å². The van der Waals surface area contributed by atoms with Crippen molar-refractivity contribution in [2.45, 2.75) is 24.8 Å². The molecule has 1 aromatic carbocycles. The summed E-state index contributed by atoms with van der Waals surface area (Å²) in [5, 5.41) is 8.96. The maximum absolute atomic E-state index is 12.2. The molecule has 3 N–H and O–H groups in total. The third-order valence-electron chi connectivity index (χ3n) is 2.55. The van der Waals surface area contributed by atoms with Gasteiger partial charge in [0, 0.05) is 11.6 Å². The molecule has 0 saturated heterocycles. The quantitative estimate of drug-likeness (QED) is 0.872. The van der Waals surface area contributed by atoms with Gasteiger partial charge in [-0.15, -0.1) is 10.2 Å². The molecule has 0 spiro atoms. The summed E-state index contributed by atoms with van der Waals surface area (Å²) in [7, 11) is -3.72. The second-order valence-corrected chi connectivity index (χ2v) is 7.07. The standard InChI is InChI=1S/C11H13ClN4O2S2/c1-2-10-14-15-11(19-10)16-20(17,18)8-4-3-7(6-13)9(12)5-8/h3-5H,2,6,13H2,1H3,(H,15,16). The minimum absolute atomic E-state index is 0.0629. The number of nitrogens with zero attached hydrogens (tertiary/aromatic N) is 2. The molecule has 0 aliphatic heterocycles. The van der Waals surface area contributed by atoms with Crippen LogP contribution in [0.5, 0.6) is 0 Å². The molecule has 2 aromatic rings. The third kappa shape index (κ3) is 3.26. The van der Waals surface area contributed by atoms with E-state index in [-0.39, 0.29) is 16.6 Å². The SMILES string of the molecule is CCc1nnc(NS(=O)(=O)c2ccc(CN)c(Cl)c2)s1. The lowest BCUT2D eigenvalue weighted by Gasteiger charge is -2.07. The van der Waals surface area contributed by atoms with Crippen LogP contribution < -0.4 is 10.5 Å². The van der Waals surface area contributed by atoms with E-state index in [9.17, 15) is 8.42 Å². The summed E-state index contributed by atoms with van der Waals surface area (Å²) in [5.74, 6) is 0. The Morgan fingerprint density at radius 3 is 2.70 bits per heavy atom. The van der Waals surface area contributed by atoms with Crippen LogP contribution in [0.15, 0.2) is 23.1 Å². The Morgan fingerprint density at radius 1 is 1.40 bits per heavy atom. The van der Waals surface area contributed by atoms with Gasteiger partial charge in [-0.25, -0.2) is 8.42 Å². The van der Waals surface area contributed by atoms with E-state index in [1.54, 1.807) is 6.07 Å². The number of halogens is 1. The molecular formula is C11H13ClN4O2S2. The Balaban J connectivity index is 2.28. The van der Waals surface area contributed by atoms with Crippen molar-refractivity contribution in [2.75, 3.05) is 4.72 Å². The van der Waals surface area contributed by atoms with Crippen LogP contribution in [0.2, 0.25) is 5.02 Å². The van der Waals surface area contributed by atoms with E-state index >= 15 is 0 Å². The van der Waals surface area contributed by atoms with Gasteiger partial charge in [-0.3, -0.25) is 4.72 Å². The fourth-order valence-corrected chi connectivity index (χ4v) is 3.73. The predicted molar refractivity (Wildman–Crippen MR) is 79.4 cm³/mol. The van der Waals surface area contributed by atoms with Crippen LogP contribution in [-0.2, 0) is 23.0 Å². The molecule has 0 aliphatic carbocycles. The molecule has 0 saturated carbocycles. The number of rotatable bonds is 5. The molecule has 0 fully saturated rings. The van der Waals surface area contributed by atoms with E-state index in [1.165, 1.54) is 23.5 Å². The summed E-state index contributed by atoms with van der Waals surface area (Å²) in [6, 6.07) is 4.42. The zero-order valence-corrected chi connectivity index (χ0v) is 13.0. The molecule has 0 radical (unpaired) electrons. The van der Waals surface area contributed by atoms with Crippen LogP contribution in [-0.4, -0.2) is 18.6 Å². The number of hydrogen-bond acceptors (Lipinski definition) is 6. The van der Waals surface area contributed by atoms with E-state index in [0.29, 0.717) is 17.0 Å². The van der Waals surface area contributed by atoms with Gasteiger partial charge >= 0.3 is 0 Å². The lowest BCUT2D eigenvalue weighted by Crippen LogP contribution is -2.13. The van der Waals surface area contributed by atoms with Gasteiger partial charge in [-0.2, -0.15) is 0 Å². The van der Waals surface area contributed by atoms with Crippen LogP contribution in [0.4, 0.5) is 5.13 Å². The normalized spacial score (nSPS) is 11.6. The number of nitrogens with two attached hydrogens (primary N) is 1.